The maximum Gasteiger partial charge on any atom is 0.338 e. The van der Waals surface area contributed by atoms with Gasteiger partial charge < -0.3 is 10.1 Å². The van der Waals surface area contributed by atoms with E-state index in [4.69, 9.17) is 4.74 Å². The predicted molar refractivity (Wildman–Crippen MR) is 94.4 cm³/mol. The summed E-state index contributed by atoms with van der Waals surface area (Å²) in [6.45, 7) is 2.08. The van der Waals surface area contributed by atoms with Crippen LogP contribution >= 0.6 is 15.9 Å². The van der Waals surface area contributed by atoms with Gasteiger partial charge in [-0.05, 0) is 58.8 Å². The molecule has 2 rings (SSSR count). The van der Waals surface area contributed by atoms with Crippen molar-refractivity contribution in [3.8, 4) is 0 Å². The molecule has 0 atom stereocenters. The molecule has 4 nitrogen and oxygen atoms in total. The lowest BCUT2D eigenvalue weighted by atomic mass is 10.2. The van der Waals surface area contributed by atoms with E-state index in [-0.39, 0.29) is 11.9 Å². The van der Waals surface area contributed by atoms with E-state index in [2.05, 4.69) is 21.2 Å². The van der Waals surface area contributed by atoms with Crippen molar-refractivity contribution in [1.29, 1.82) is 0 Å². The number of carbonyl (C=O) groups excluding carboxylic acids is 2. The van der Waals surface area contributed by atoms with Crippen molar-refractivity contribution in [2.45, 2.75) is 6.92 Å². The summed E-state index contributed by atoms with van der Waals surface area (Å²) in [5.41, 5.74) is 1.97. The molecule has 23 heavy (non-hydrogen) atoms. The predicted octanol–water partition coefficient (Wildman–Crippen LogP) is 4.24. The third-order valence-electron chi connectivity index (χ3n) is 2.96. The molecule has 1 amide bonds. The molecule has 2 aromatic carbocycles. The zero-order valence-electron chi connectivity index (χ0n) is 12.6. The van der Waals surface area contributed by atoms with Gasteiger partial charge in [-0.25, -0.2) is 4.79 Å². The molecular weight excluding hydrogens is 358 g/mol. The first kappa shape index (κ1) is 17.0. The number of esters is 1. The average molecular weight is 374 g/mol. The Morgan fingerprint density at radius 3 is 2.35 bits per heavy atom. The smallest absolute Gasteiger partial charge is 0.338 e. The number of rotatable bonds is 5. The average Bonchev–Trinajstić information content (AvgIpc) is 2.56. The number of anilines is 1. The summed E-state index contributed by atoms with van der Waals surface area (Å²) < 4.78 is 5.33. The first-order chi connectivity index (χ1) is 11.1. The van der Waals surface area contributed by atoms with E-state index in [9.17, 15) is 9.59 Å². The molecule has 0 aliphatic carbocycles. The molecule has 0 aliphatic heterocycles. The van der Waals surface area contributed by atoms with Crippen LogP contribution in [0.1, 0.15) is 22.8 Å². The maximum atomic E-state index is 12.1. The van der Waals surface area contributed by atoms with Gasteiger partial charge in [0.2, 0.25) is 0 Å². The van der Waals surface area contributed by atoms with E-state index >= 15 is 0 Å². The van der Waals surface area contributed by atoms with Crippen molar-refractivity contribution in [3.05, 3.63) is 70.2 Å². The van der Waals surface area contributed by atoms with Crippen LogP contribution in [0.15, 0.2) is 59.1 Å². The number of amides is 1. The lowest BCUT2D eigenvalue weighted by Crippen LogP contribution is -2.11. The monoisotopic (exact) mass is 373 g/mol. The standard InChI is InChI=1S/C18H16BrNO3/c1-2-23-18(22)14-8-10-15(11-9-14)20-17(21)16(19)12-13-6-4-3-5-7-13/h3-12H,2H2,1H3,(H,20,21). The Hall–Kier alpha value is -2.40. The molecule has 0 aromatic heterocycles. The van der Waals surface area contributed by atoms with E-state index in [1.165, 1.54) is 0 Å². The van der Waals surface area contributed by atoms with Gasteiger partial charge in [0, 0.05) is 5.69 Å². The highest BCUT2D eigenvalue weighted by atomic mass is 79.9. The fraction of sp³-hybridized carbons (Fsp3) is 0.111. The van der Waals surface area contributed by atoms with Gasteiger partial charge in [-0.2, -0.15) is 0 Å². The van der Waals surface area contributed by atoms with Crippen molar-refractivity contribution in [1.82, 2.24) is 0 Å². The Labute approximate surface area is 143 Å². The zero-order chi connectivity index (χ0) is 16.7. The quantitative estimate of drug-likeness (QED) is 0.629. The molecular formula is C18H16BrNO3. The van der Waals surface area contributed by atoms with Crippen LogP contribution in [0, 0.1) is 0 Å². The van der Waals surface area contributed by atoms with Crippen molar-refractivity contribution < 1.29 is 14.3 Å². The second-order valence-corrected chi connectivity index (χ2v) is 5.51. The molecule has 5 heteroatoms. The number of nitrogens with one attached hydrogen (secondary N) is 1. The molecule has 0 heterocycles. The number of benzene rings is 2. The summed E-state index contributed by atoms with van der Waals surface area (Å²) in [5.74, 6) is -0.645. The number of hydrogen-bond acceptors (Lipinski definition) is 3. The summed E-state index contributed by atoms with van der Waals surface area (Å²) in [6, 6.07) is 16.1. The van der Waals surface area contributed by atoms with E-state index < -0.39 is 0 Å². The summed E-state index contributed by atoms with van der Waals surface area (Å²) in [5, 5.41) is 2.75. The molecule has 0 spiro atoms. The van der Waals surface area contributed by atoms with Gasteiger partial charge in [-0.15, -0.1) is 0 Å². The summed E-state index contributed by atoms with van der Waals surface area (Å²) in [4.78, 5) is 23.7. The molecule has 0 unspecified atom stereocenters. The van der Waals surface area contributed by atoms with Crippen molar-refractivity contribution in [2.75, 3.05) is 11.9 Å². The highest BCUT2D eigenvalue weighted by molar-refractivity contribution is 9.12. The van der Waals surface area contributed by atoms with Gasteiger partial charge in [0.05, 0.1) is 16.7 Å². The third kappa shape index (κ3) is 5.07. The van der Waals surface area contributed by atoms with Crippen LogP contribution in [-0.2, 0) is 9.53 Å². The lowest BCUT2D eigenvalue weighted by Gasteiger charge is -2.06. The minimum atomic E-state index is -0.379. The largest absolute Gasteiger partial charge is 0.462 e. The first-order valence-electron chi connectivity index (χ1n) is 7.11. The Morgan fingerprint density at radius 1 is 1.09 bits per heavy atom. The molecule has 0 saturated carbocycles. The summed E-state index contributed by atoms with van der Waals surface area (Å²) >= 11 is 3.27. The summed E-state index contributed by atoms with van der Waals surface area (Å²) in [7, 11) is 0. The normalized spacial score (nSPS) is 11.0. The van der Waals surface area contributed by atoms with Crippen molar-refractivity contribution in [3.63, 3.8) is 0 Å². The van der Waals surface area contributed by atoms with Crippen LogP contribution in [0.3, 0.4) is 0 Å². The lowest BCUT2D eigenvalue weighted by molar-refractivity contribution is -0.112. The molecule has 2 aromatic rings. The van der Waals surface area contributed by atoms with Gasteiger partial charge in [-0.3, -0.25) is 4.79 Å². The molecule has 0 fully saturated rings. The number of ether oxygens (including phenoxy) is 1. The zero-order valence-corrected chi connectivity index (χ0v) is 14.2. The minimum absolute atomic E-state index is 0.266. The first-order valence-corrected chi connectivity index (χ1v) is 7.90. The number of hydrogen-bond donors (Lipinski definition) is 1. The number of halogens is 1. The Balaban J connectivity index is 2.02. The van der Waals surface area contributed by atoms with Crippen LogP contribution in [0.5, 0.6) is 0 Å². The fourth-order valence-corrected chi connectivity index (χ4v) is 2.22. The maximum absolute atomic E-state index is 12.1. The van der Waals surface area contributed by atoms with Gasteiger partial charge in [-0.1, -0.05) is 30.3 Å². The van der Waals surface area contributed by atoms with Crippen LogP contribution in [0.4, 0.5) is 5.69 Å². The Kier molecular flexibility index (Phi) is 6.11. The number of carbonyl (C=O) groups is 2. The van der Waals surface area contributed by atoms with E-state index in [1.54, 1.807) is 37.3 Å². The van der Waals surface area contributed by atoms with E-state index in [1.807, 2.05) is 30.3 Å². The Morgan fingerprint density at radius 2 is 1.74 bits per heavy atom. The topological polar surface area (TPSA) is 55.4 Å². The van der Waals surface area contributed by atoms with E-state index in [0.717, 1.165) is 5.56 Å². The van der Waals surface area contributed by atoms with Crippen molar-refractivity contribution in [2.24, 2.45) is 0 Å². The van der Waals surface area contributed by atoms with Crippen LogP contribution in [0.25, 0.3) is 6.08 Å². The molecule has 1 N–H and O–H groups in total. The highest BCUT2D eigenvalue weighted by Crippen LogP contribution is 2.16. The van der Waals surface area contributed by atoms with Crippen LogP contribution in [0.2, 0.25) is 0 Å². The van der Waals surface area contributed by atoms with Crippen LogP contribution < -0.4 is 5.32 Å². The molecule has 0 saturated heterocycles. The van der Waals surface area contributed by atoms with Crippen molar-refractivity contribution >= 4 is 39.6 Å². The summed E-state index contributed by atoms with van der Waals surface area (Å²) in [6.07, 6.45) is 1.74. The molecule has 118 valence electrons. The fourth-order valence-electron chi connectivity index (χ4n) is 1.86. The van der Waals surface area contributed by atoms with Gasteiger partial charge in [0.25, 0.3) is 5.91 Å². The SMILES string of the molecule is CCOC(=O)c1ccc(NC(=O)C(Br)=Cc2ccccc2)cc1. The molecule has 0 aliphatic rings. The Bertz CT molecular complexity index is 709. The van der Waals surface area contributed by atoms with Gasteiger partial charge >= 0.3 is 5.97 Å². The molecule has 0 bridgehead atoms. The minimum Gasteiger partial charge on any atom is -0.462 e. The highest BCUT2D eigenvalue weighted by Gasteiger charge is 2.09. The molecule has 0 radical (unpaired) electrons. The van der Waals surface area contributed by atoms with Crippen LogP contribution in [-0.4, -0.2) is 18.5 Å². The van der Waals surface area contributed by atoms with E-state index in [0.29, 0.717) is 22.3 Å². The second kappa shape index (κ2) is 8.29. The third-order valence-corrected chi connectivity index (χ3v) is 3.55. The van der Waals surface area contributed by atoms with Gasteiger partial charge in [0.1, 0.15) is 0 Å². The van der Waals surface area contributed by atoms with Gasteiger partial charge in [0.15, 0.2) is 0 Å². The second-order valence-electron chi connectivity index (χ2n) is 4.65.